The average molecular weight is 269 g/mol. The van der Waals surface area contributed by atoms with E-state index >= 15 is 0 Å². The molecule has 0 unspecified atom stereocenters. The van der Waals surface area contributed by atoms with Gasteiger partial charge in [-0.1, -0.05) is 18.2 Å². The van der Waals surface area contributed by atoms with Crippen molar-refractivity contribution in [2.24, 2.45) is 5.73 Å². The molecule has 2 rings (SSSR count). The van der Waals surface area contributed by atoms with E-state index in [1.165, 1.54) is 18.3 Å². The number of para-hydroxylation sites is 1. The van der Waals surface area contributed by atoms with Crippen LogP contribution in [0.2, 0.25) is 0 Å². The van der Waals surface area contributed by atoms with E-state index in [1.807, 2.05) is 30.3 Å². The van der Waals surface area contributed by atoms with E-state index in [0.717, 1.165) is 5.69 Å². The van der Waals surface area contributed by atoms with Crippen molar-refractivity contribution in [3.8, 4) is 0 Å². The van der Waals surface area contributed by atoms with Crippen molar-refractivity contribution >= 4 is 17.5 Å². The van der Waals surface area contributed by atoms with E-state index in [0.29, 0.717) is 16.7 Å². The van der Waals surface area contributed by atoms with Crippen molar-refractivity contribution in [1.29, 1.82) is 5.41 Å². The third-order valence-corrected chi connectivity index (χ3v) is 2.85. The van der Waals surface area contributed by atoms with Gasteiger partial charge in [-0.3, -0.25) is 0 Å². The minimum atomic E-state index is -0.351. The van der Waals surface area contributed by atoms with Crippen molar-refractivity contribution in [2.75, 3.05) is 5.32 Å². The summed E-state index contributed by atoms with van der Waals surface area (Å²) in [6.45, 7) is 0.266. The Kier molecular flexibility index (Phi) is 4.63. The second-order valence-electron chi connectivity index (χ2n) is 4.31. The molecule has 4 N–H and O–H groups in total. The monoisotopic (exact) mass is 269 g/mol. The van der Waals surface area contributed by atoms with Crippen LogP contribution in [0.1, 0.15) is 11.1 Å². The van der Waals surface area contributed by atoms with Crippen LogP contribution in [-0.4, -0.2) is 6.21 Å². The maximum Gasteiger partial charge on any atom is 0.124 e. The highest BCUT2D eigenvalue weighted by Gasteiger charge is 2.03. The second kappa shape index (κ2) is 6.63. The van der Waals surface area contributed by atoms with Crippen LogP contribution in [0.3, 0.4) is 0 Å². The molecule has 0 saturated carbocycles. The van der Waals surface area contributed by atoms with E-state index in [9.17, 15) is 4.39 Å². The van der Waals surface area contributed by atoms with Gasteiger partial charge in [0.05, 0.1) is 0 Å². The minimum Gasteiger partial charge on any atom is -0.361 e. The van der Waals surface area contributed by atoms with Gasteiger partial charge >= 0.3 is 0 Å². The van der Waals surface area contributed by atoms with Gasteiger partial charge in [0.25, 0.3) is 0 Å². The molecule has 0 amide bonds. The molecule has 20 heavy (non-hydrogen) atoms. The molecule has 0 spiro atoms. The number of nitrogens with two attached hydrogens (primary N) is 1. The molecule has 0 aliphatic heterocycles. The highest BCUT2D eigenvalue weighted by Crippen LogP contribution is 2.17. The molecule has 0 aliphatic carbocycles. The van der Waals surface area contributed by atoms with Gasteiger partial charge in [0.2, 0.25) is 0 Å². The van der Waals surface area contributed by atoms with Gasteiger partial charge in [-0.05, 0) is 41.5 Å². The highest BCUT2D eigenvalue weighted by molar-refractivity contribution is 6.08. The van der Waals surface area contributed by atoms with Gasteiger partial charge in [-0.2, -0.15) is 0 Å². The Labute approximate surface area is 117 Å². The fraction of sp³-hybridized carbons (Fsp3) is 0.0625. The Morgan fingerprint density at radius 2 is 1.95 bits per heavy atom. The summed E-state index contributed by atoms with van der Waals surface area (Å²) >= 11 is 0. The molecule has 0 fully saturated rings. The largest absolute Gasteiger partial charge is 0.361 e. The fourth-order valence-corrected chi connectivity index (χ4v) is 1.84. The summed E-state index contributed by atoms with van der Waals surface area (Å²) in [4.78, 5) is 0. The number of benzene rings is 2. The molecule has 2 aromatic carbocycles. The zero-order valence-corrected chi connectivity index (χ0v) is 10.9. The lowest BCUT2D eigenvalue weighted by Gasteiger charge is -2.07. The number of anilines is 1. The van der Waals surface area contributed by atoms with Gasteiger partial charge in [-0.25, -0.2) is 4.39 Å². The normalized spacial score (nSPS) is 11.2. The van der Waals surface area contributed by atoms with E-state index in [-0.39, 0.29) is 12.4 Å². The maximum atomic E-state index is 13.5. The molecule has 0 heterocycles. The number of nitrogens with one attached hydrogen (secondary N) is 2. The van der Waals surface area contributed by atoms with E-state index < -0.39 is 0 Å². The molecule has 0 radical (unpaired) electrons. The Hall–Kier alpha value is -2.46. The van der Waals surface area contributed by atoms with E-state index in [2.05, 4.69) is 5.32 Å². The van der Waals surface area contributed by atoms with Gasteiger partial charge in [0.15, 0.2) is 0 Å². The van der Waals surface area contributed by atoms with Gasteiger partial charge < -0.3 is 16.5 Å². The van der Waals surface area contributed by atoms with Crippen LogP contribution in [0.15, 0.2) is 54.7 Å². The van der Waals surface area contributed by atoms with Crippen LogP contribution in [0.25, 0.3) is 5.57 Å². The van der Waals surface area contributed by atoms with E-state index in [1.54, 1.807) is 12.3 Å². The summed E-state index contributed by atoms with van der Waals surface area (Å²) < 4.78 is 13.5. The smallest absolute Gasteiger partial charge is 0.124 e. The average Bonchev–Trinajstić information content (AvgIpc) is 2.48. The van der Waals surface area contributed by atoms with Crippen molar-refractivity contribution in [2.45, 2.75) is 6.54 Å². The predicted octanol–water partition coefficient (Wildman–Crippen LogP) is 3.39. The van der Waals surface area contributed by atoms with Crippen molar-refractivity contribution < 1.29 is 4.39 Å². The number of halogens is 1. The van der Waals surface area contributed by atoms with Crippen LogP contribution in [0.4, 0.5) is 10.1 Å². The molecule has 102 valence electrons. The lowest BCUT2D eigenvalue weighted by molar-refractivity contribution is 0.625. The first-order valence-electron chi connectivity index (χ1n) is 6.25. The zero-order chi connectivity index (χ0) is 14.4. The van der Waals surface area contributed by atoms with Gasteiger partial charge in [-0.15, -0.1) is 0 Å². The number of hydrogen-bond acceptors (Lipinski definition) is 3. The maximum absolute atomic E-state index is 13.5. The Bertz CT molecular complexity index is 621. The quantitative estimate of drug-likeness (QED) is 0.729. The summed E-state index contributed by atoms with van der Waals surface area (Å²) in [5.74, 6) is -0.351. The topological polar surface area (TPSA) is 61.9 Å². The summed E-state index contributed by atoms with van der Waals surface area (Å²) in [5.41, 5.74) is 8.36. The Balaban J connectivity index is 2.28. The number of hydrogen-bond donors (Lipinski definition) is 3. The molecule has 0 aliphatic rings. The van der Waals surface area contributed by atoms with Crippen LogP contribution in [0, 0.1) is 11.2 Å². The molecule has 3 nitrogen and oxygen atoms in total. The minimum absolute atomic E-state index is 0.266. The van der Waals surface area contributed by atoms with Crippen molar-refractivity contribution in [1.82, 2.24) is 0 Å². The molecule has 2 aromatic rings. The molecule has 4 heteroatoms. The van der Waals surface area contributed by atoms with Crippen molar-refractivity contribution in [3.05, 3.63) is 71.7 Å². The molecular weight excluding hydrogens is 253 g/mol. The molecule has 0 atom stereocenters. The third-order valence-electron chi connectivity index (χ3n) is 2.85. The number of rotatable bonds is 5. The van der Waals surface area contributed by atoms with Crippen LogP contribution < -0.4 is 11.1 Å². The summed E-state index contributed by atoms with van der Waals surface area (Å²) in [5, 5.41) is 10.6. The summed E-state index contributed by atoms with van der Waals surface area (Å²) in [6.07, 6.45) is 2.86. The Morgan fingerprint density at radius 3 is 2.60 bits per heavy atom. The van der Waals surface area contributed by atoms with E-state index in [4.69, 9.17) is 11.1 Å². The van der Waals surface area contributed by atoms with Crippen LogP contribution in [-0.2, 0) is 6.54 Å². The standard InChI is InChI=1S/C16H16FN3/c17-15-7-12(9-18)6-13(8-15)14(10-19)11-20-16-4-2-1-3-5-16/h1-8,10-11,19-20H,9,18H2/b14-11+,19-10?. The zero-order valence-electron chi connectivity index (χ0n) is 10.9. The van der Waals surface area contributed by atoms with Crippen molar-refractivity contribution in [3.63, 3.8) is 0 Å². The molecule has 0 saturated heterocycles. The van der Waals surface area contributed by atoms with Gasteiger partial charge in [0.1, 0.15) is 5.82 Å². The van der Waals surface area contributed by atoms with Crippen LogP contribution >= 0.6 is 0 Å². The highest BCUT2D eigenvalue weighted by atomic mass is 19.1. The van der Waals surface area contributed by atoms with Gasteiger partial charge in [0, 0.05) is 30.2 Å². The Morgan fingerprint density at radius 1 is 1.20 bits per heavy atom. The molecule has 0 aromatic heterocycles. The third kappa shape index (κ3) is 3.52. The molecular formula is C16H16FN3. The lowest BCUT2D eigenvalue weighted by atomic mass is 10.0. The first-order valence-corrected chi connectivity index (χ1v) is 6.25. The number of allylic oxidation sites excluding steroid dienone is 1. The van der Waals surface area contributed by atoms with Crippen LogP contribution in [0.5, 0.6) is 0 Å². The SMILES string of the molecule is N=C/C(=C\Nc1ccccc1)c1cc(F)cc(CN)c1. The predicted molar refractivity (Wildman–Crippen MR) is 81.1 cm³/mol. The summed E-state index contributed by atoms with van der Waals surface area (Å²) in [6, 6.07) is 14.1. The molecule has 0 bridgehead atoms. The summed E-state index contributed by atoms with van der Waals surface area (Å²) in [7, 11) is 0. The fourth-order valence-electron chi connectivity index (χ4n) is 1.84. The first-order chi connectivity index (χ1) is 9.72. The second-order valence-corrected chi connectivity index (χ2v) is 4.31. The lowest BCUT2D eigenvalue weighted by Crippen LogP contribution is -2.00. The first kappa shape index (κ1) is 14.0.